The number of anilines is 1. The van der Waals surface area contributed by atoms with Crippen LogP contribution in [-0.2, 0) is 4.79 Å². The molecule has 2 aromatic rings. The lowest BCUT2D eigenvalue weighted by atomic mass is 10.1. The fourth-order valence-corrected chi connectivity index (χ4v) is 2.69. The summed E-state index contributed by atoms with van der Waals surface area (Å²) in [4.78, 5) is 40.3. The standard InChI is InChI=1S/C18H16N2O3/c1-12-7-3-4-8-13(12)18(23)20-15-10-6-5-9-14(15)17(22)19(2)11-16(20)21/h3-10H,11H2,1-2H3. The van der Waals surface area contributed by atoms with Gasteiger partial charge >= 0.3 is 0 Å². The molecule has 2 aromatic carbocycles. The highest BCUT2D eigenvalue weighted by atomic mass is 16.2. The number of aryl methyl sites for hydroxylation is 1. The van der Waals surface area contributed by atoms with Gasteiger partial charge in [-0.15, -0.1) is 0 Å². The third-order valence-electron chi connectivity index (χ3n) is 3.92. The highest BCUT2D eigenvalue weighted by Crippen LogP contribution is 2.27. The fraction of sp³-hybridized carbons (Fsp3) is 0.167. The third kappa shape index (κ3) is 2.50. The van der Waals surface area contributed by atoms with Gasteiger partial charge in [0.1, 0.15) is 6.54 Å². The maximum Gasteiger partial charge on any atom is 0.265 e. The Morgan fingerprint density at radius 2 is 1.65 bits per heavy atom. The first kappa shape index (κ1) is 15.0. The molecule has 0 radical (unpaired) electrons. The van der Waals surface area contributed by atoms with Gasteiger partial charge in [0, 0.05) is 12.6 Å². The molecule has 0 aromatic heterocycles. The van der Waals surface area contributed by atoms with Gasteiger partial charge in [0.2, 0.25) is 0 Å². The van der Waals surface area contributed by atoms with Crippen LogP contribution < -0.4 is 4.90 Å². The number of nitrogens with zero attached hydrogens (tertiary/aromatic N) is 2. The Morgan fingerprint density at radius 1 is 1.00 bits per heavy atom. The Hall–Kier alpha value is -2.95. The van der Waals surface area contributed by atoms with Crippen LogP contribution in [-0.4, -0.2) is 36.2 Å². The number of carbonyl (C=O) groups is 3. The monoisotopic (exact) mass is 308 g/mol. The van der Waals surface area contributed by atoms with Gasteiger partial charge in [-0.1, -0.05) is 30.3 Å². The van der Waals surface area contributed by atoms with Gasteiger partial charge in [0.25, 0.3) is 17.7 Å². The average Bonchev–Trinajstić information content (AvgIpc) is 2.63. The quantitative estimate of drug-likeness (QED) is 0.759. The molecule has 0 bridgehead atoms. The summed E-state index contributed by atoms with van der Waals surface area (Å²) in [5.41, 5.74) is 1.92. The summed E-state index contributed by atoms with van der Waals surface area (Å²) in [6.07, 6.45) is 0. The van der Waals surface area contributed by atoms with Crippen molar-refractivity contribution >= 4 is 23.4 Å². The maximum absolute atomic E-state index is 12.9. The predicted molar refractivity (Wildman–Crippen MR) is 86.4 cm³/mol. The van der Waals surface area contributed by atoms with E-state index >= 15 is 0 Å². The van der Waals surface area contributed by atoms with Crippen LogP contribution >= 0.6 is 0 Å². The largest absolute Gasteiger partial charge is 0.332 e. The summed E-state index contributed by atoms with van der Waals surface area (Å²) in [6.45, 7) is 1.68. The number of fused-ring (bicyclic) bond motifs is 1. The fourth-order valence-electron chi connectivity index (χ4n) is 2.69. The van der Waals surface area contributed by atoms with E-state index in [1.807, 2.05) is 19.1 Å². The molecular formula is C18H16N2O3. The second-order valence-electron chi connectivity index (χ2n) is 5.53. The molecule has 116 valence electrons. The van der Waals surface area contributed by atoms with E-state index in [1.165, 1.54) is 4.90 Å². The Bertz CT molecular complexity index is 813. The normalized spacial score (nSPS) is 14.5. The summed E-state index contributed by atoms with van der Waals surface area (Å²) in [5, 5.41) is 0. The van der Waals surface area contributed by atoms with Crippen molar-refractivity contribution < 1.29 is 14.4 Å². The van der Waals surface area contributed by atoms with E-state index in [4.69, 9.17) is 0 Å². The van der Waals surface area contributed by atoms with E-state index in [2.05, 4.69) is 0 Å². The Labute approximate surface area is 134 Å². The highest BCUT2D eigenvalue weighted by molar-refractivity contribution is 6.25. The van der Waals surface area contributed by atoms with E-state index < -0.39 is 11.8 Å². The number of para-hydroxylation sites is 1. The Morgan fingerprint density at radius 3 is 2.39 bits per heavy atom. The van der Waals surface area contributed by atoms with Crippen LogP contribution in [0.4, 0.5) is 5.69 Å². The van der Waals surface area contributed by atoms with Gasteiger partial charge < -0.3 is 4.90 Å². The number of amides is 3. The van der Waals surface area contributed by atoms with Crippen LogP contribution in [0.5, 0.6) is 0 Å². The molecule has 5 nitrogen and oxygen atoms in total. The van der Waals surface area contributed by atoms with E-state index in [-0.39, 0.29) is 12.5 Å². The lowest BCUT2D eigenvalue weighted by Gasteiger charge is -2.21. The molecule has 0 aliphatic carbocycles. The van der Waals surface area contributed by atoms with Gasteiger partial charge in [-0.2, -0.15) is 0 Å². The lowest BCUT2D eigenvalue weighted by molar-refractivity contribution is -0.118. The number of hydrogen-bond donors (Lipinski definition) is 0. The zero-order valence-electron chi connectivity index (χ0n) is 12.9. The molecule has 0 atom stereocenters. The van der Waals surface area contributed by atoms with Gasteiger partial charge in [0.05, 0.1) is 11.3 Å². The van der Waals surface area contributed by atoms with Gasteiger partial charge in [-0.25, -0.2) is 4.90 Å². The van der Waals surface area contributed by atoms with Gasteiger partial charge in [0.15, 0.2) is 0 Å². The summed E-state index contributed by atoms with van der Waals surface area (Å²) in [7, 11) is 1.55. The van der Waals surface area contributed by atoms with Crippen LogP contribution in [0.3, 0.4) is 0 Å². The van der Waals surface area contributed by atoms with Gasteiger partial charge in [-0.05, 0) is 30.7 Å². The molecule has 23 heavy (non-hydrogen) atoms. The number of carbonyl (C=O) groups excluding carboxylic acids is 3. The zero-order valence-corrected chi connectivity index (χ0v) is 12.9. The topological polar surface area (TPSA) is 57.7 Å². The molecule has 1 aliphatic rings. The van der Waals surface area contributed by atoms with Crippen molar-refractivity contribution in [2.45, 2.75) is 6.92 Å². The Balaban J connectivity index is 2.16. The molecular weight excluding hydrogens is 292 g/mol. The smallest absolute Gasteiger partial charge is 0.265 e. The van der Waals surface area contributed by atoms with Crippen molar-refractivity contribution in [1.82, 2.24) is 4.90 Å². The molecule has 0 saturated carbocycles. The van der Waals surface area contributed by atoms with Crippen molar-refractivity contribution in [3.05, 3.63) is 65.2 Å². The number of rotatable bonds is 1. The number of likely N-dealkylation sites (N-methyl/N-ethyl adjacent to an activating group) is 1. The first-order valence-corrected chi connectivity index (χ1v) is 7.28. The van der Waals surface area contributed by atoms with Crippen molar-refractivity contribution in [2.75, 3.05) is 18.5 Å². The molecule has 0 saturated heterocycles. The zero-order chi connectivity index (χ0) is 16.6. The molecule has 1 heterocycles. The minimum Gasteiger partial charge on any atom is -0.332 e. The molecule has 3 amide bonds. The van der Waals surface area contributed by atoms with Crippen LogP contribution in [0, 0.1) is 6.92 Å². The van der Waals surface area contributed by atoms with Crippen LogP contribution in [0.15, 0.2) is 48.5 Å². The average molecular weight is 308 g/mol. The first-order chi connectivity index (χ1) is 11.0. The second-order valence-corrected chi connectivity index (χ2v) is 5.53. The van der Waals surface area contributed by atoms with Crippen molar-refractivity contribution in [2.24, 2.45) is 0 Å². The third-order valence-corrected chi connectivity index (χ3v) is 3.92. The first-order valence-electron chi connectivity index (χ1n) is 7.28. The minimum atomic E-state index is -0.418. The summed E-state index contributed by atoms with van der Waals surface area (Å²) in [5.74, 6) is -1.10. The lowest BCUT2D eigenvalue weighted by Crippen LogP contribution is -2.41. The molecule has 0 unspecified atom stereocenters. The number of benzene rings is 2. The molecule has 0 N–H and O–H groups in total. The van der Waals surface area contributed by atoms with Crippen LogP contribution in [0.1, 0.15) is 26.3 Å². The van der Waals surface area contributed by atoms with Gasteiger partial charge in [-0.3, -0.25) is 14.4 Å². The van der Waals surface area contributed by atoms with E-state index in [9.17, 15) is 14.4 Å². The number of hydrogen-bond acceptors (Lipinski definition) is 3. The minimum absolute atomic E-state index is 0.134. The molecule has 1 aliphatic heterocycles. The van der Waals surface area contributed by atoms with E-state index in [0.29, 0.717) is 16.8 Å². The predicted octanol–water partition coefficient (Wildman–Crippen LogP) is 2.25. The highest BCUT2D eigenvalue weighted by Gasteiger charge is 2.34. The van der Waals surface area contributed by atoms with Crippen molar-refractivity contribution in [3.8, 4) is 0 Å². The van der Waals surface area contributed by atoms with Crippen molar-refractivity contribution in [1.29, 1.82) is 0 Å². The SMILES string of the molecule is Cc1ccccc1C(=O)N1C(=O)CN(C)C(=O)c2ccccc21. The molecule has 0 fully saturated rings. The summed E-state index contributed by atoms with van der Waals surface area (Å²) in [6, 6.07) is 13.8. The second kappa shape index (κ2) is 5.68. The maximum atomic E-state index is 12.9. The van der Waals surface area contributed by atoms with Crippen molar-refractivity contribution in [3.63, 3.8) is 0 Å². The van der Waals surface area contributed by atoms with Crippen LogP contribution in [0.25, 0.3) is 0 Å². The van der Waals surface area contributed by atoms with Crippen LogP contribution in [0.2, 0.25) is 0 Å². The summed E-state index contributed by atoms with van der Waals surface area (Å²) < 4.78 is 0. The summed E-state index contributed by atoms with van der Waals surface area (Å²) >= 11 is 0. The molecule has 0 spiro atoms. The Kier molecular flexibility index (Phi) is 3.70. The number of imide groups is 1. The molecule has 3 rings (SSSR count). The van der Waals surface area contributed by atoms with E-state index in [1.54, 1.807) is 43.4 Å². The molecule has 5 heteroatoms. The van der Waals surface area contributed by atoms with E-state index in [0.717, 1.165) is 10.5 Å².